The van der Waals surface area contributed by atoms with Crippen molar-refractivity contribution in [3.63, 3.8) is 0 Å². The maximum atomic E-state index is 12.2. The van der Waals surface area contributed by atoms with E-state index in [1.165, 1.54) is 6.26 Å². The van der Waals surface area contributed by atoms with Crippen molar-refractivity contribution in [1.29, 1.82) is 0 Å². The molecule has 0 bridgehead atoms. The molecule has 0 amide bonds. The number of aryl methyl sites for hydroxylation is 2. The summed E-state index contributed by atoms with van der Waals surface area (Å²) in [5.74, 6) is 7.21. The van der Waals surface area contributed by atoms with Crippen molar-refractivity contribution < 1.29 is 44.7 Å². The zero-order valence-corrected chi connectivity index (χ0v) is 56.8. The van der Waals surface area contributed by atoms with Gasteiger partial charge in [-0.3, -0.25) is 0 Å². The third kappa shape index (κ3) is 18.7. The first-order chi connectivity index (χ1) is 48.1. The Morgan fingerprint density at radius 3 is 1.29 bits per heavy atom. The predicted octanol–water partition coefficient (Wildman–Crippen LogP) is 12.9. The van der Waals surface area contributed by atoms with E-state index in [2.05, 4.69) is 121 Å². The molecule has 100 heavy (non-hydrogen) atoms. The van der Waals surface area contributed by atoms with Crippen molar-refractivity contribution in [3.8, 4) is 12.0 Å². The number of alkyl halides is 3. The minimum atomic E-state index is -4.47. The van der Waals surface area contributed by atoms with Gasteiger partial charge in [-0.2, -0.15) is 78.0 Å². The van der Waals surface area contributed by atoms with Crippen molar-refractivity contribution in [3.05, 3.63) is 160 Å². The van der Waals surface area contributed by atoms with E-state index in [9.17, 15) is 13.2 Å². The number of ether oxygens (including phenoxy) is 2. The normalized spacial score (nSPS) is 11.2. The van der Waals surface area contributed by atoms with Gasteiger partial charge in [-0.1, -0.05) is 0 Å². The number of aromatic nitrogens is 20. The van der Waals surface area contributed by atoms with Crippen molar-refractivity contribution in [2.45, 2.75) is 58.9 Å². The first-order valence-corrected chi connectivity index (χ1v) is 31.4. The second-order valence-electron chi connectivity index (χ2n) is 21.1. The summed E-state index contributed by atoms with van der Waals surface area (Å²) in [5, 5.41) is 16.1. The minimum absolute atomic E-state index is 0.00789. The van der Waals surface area contributed by atoms with E-state index in [0.717, 1.165) is 28.6 Å². The fraction of sp³-hybridized carbons (Fsp3) is 0.237. The van der Waals surface area contributed by atoms with E-state index < -0.39 is 12.8 Å². The predicted molar refractivity (Wildman–Crippen MR) is 365 cm³/mol. The second kappa shape index (κ2) is 32.0. The van der Waals surface area contributed by atoms with E-state index >= 15 is 0 Å². The van der Waals surface area contributed by atoms with E-state index in [1.54, 1.807) is 54.4 Å². The average Bonchev–Trinajstić information content (AvgIpc) is 1.70. The van der Waals surface area contributed by atoms with Crippen molar-refractivity contribution in [1.82, 2.24) is 98.8 Å². The van der Waals surface area contributed by atoms with Crippen LogP contribution in [0, 0.1) is 0 Å². The fourth-order valence-corrected chi connectivity index (χ4v) is 9.65. The van der Waals surface area contributed by atoms with Crippen LogP contribution in [0.5, 0.6) is 12.0 Å². The lowest BCUT2D eigenvalue weighted by Gasteiger charge is -2.06. The SMILES string of the molecule is CC(C)Oc1nc2nc(Cl)nc(NCc3ccco3)c2[nH]1.CN(C)c1nc2nc(Cl)nc(NCc3ccco3)c2[nH]1.Cn1cnc2c(NCc3ccco3)nc(Cl)nc21.Cn1cnc2nc(Cl)nc(NCc3ccco3)c21.FC(F)(F)COc1nc2nc(Cl)nc(NCc3ccco3)c2[nH]1. The number of hydrogen-bond acceptors (Lipinski definition) is 28. The van der Waals surface area contributed by atoms with Gasteiger partial charge in [-0.25, -0.2) is 9.97 Å². The van der Waals surface area contributed by atoms with Gasteiger partial charge in [-0.05, 0) is 133 Å². The summed E-state index contributed by atoms with van der Waals surface area (Å²) in [6, 6.07) is 18.4. The third-order valence-electron chi connectivity index (χ3n) is 13.2. The van der Waals surface area contributed by atoms with Crippen LogP contribution in [0.15, 0.2) is 127 Å². The van der Waals surface area contributed by atoms with Gasteiger partial charge in [0.2, 0.25) is 32.4 Å². The molecular formula is C59H56Cl5F3N26O7. The molecule has 0 atom stereocenters. The average molecular weight is 1480 g/mol. The first kappa shape index (κ1) is 70.1. The van der Waals surface area contributed by atoms with E-state index in [-0.39, 0.29) is 55.5 Å². The van der Waals surface area contributed by atoms with Crippen LogP contribution in [-0.4, -0.2) is 132 Å². The van der Waals surface area contributed by atoms with Gasteiger partial charge in [0, 0.05) is 28.2 Å². The number of rotatable bonds is 20. The first-order valence-electron chi connectivity index (χ1n) is 29.5. The number of imidazole rings is 5. The number of fused-ring (bicyclic) bond motifs is 5. The van der Waals surface area contributed by atoms with E-state index in [0.29, 0.717) is 113 Å². The van der Waals surface area contributed by atoms with Crippen molar-refractivity contribution in [2.24, 2.45) is 14.1 Å². The molecule has 15 aromatic heterocycles. The molecule has 0 aromatic carbocycles. The molecular weight excluding hydrogens is 1420 g/mol. The fourth-order valence-electron chi connectivity index (χ4n) is 8.83. The molecule has 8 N–H and O–H groups in total. The summed E-state index contributed by atoms with van der Waals surface area (Å²) in [6.07, 6.45) is 6.89. The summed E-state index contributed by atoms with van der Waals surface area (Å²) in [6.45, 7) is 4.70. The Balaban J connectivity index is 0.000000126. The quantitative estimate of drug-likeness (QED) is 0.0329. The molecule has 0 aliphatic rings. The molecule has 0 aliphatic carbocycles. The van der Waals surface area contributed by atoms with Gasteiger partial charge < -0.3 is 87.1 Å². The number of aromatic amines is 3. The summed E-state index contributed by atoms with van der Waals surface area (Å²) in [5.41, 5.74) is 5.45. The maximum absolute atomic E-state index is 12.2. The second-order valence-corrected chi connectivity index (χ2v) is 22.8. The molecule has 0 saturated heterocycles. The molecule has 15 heterocycles. The van der Waals surface area contributed by atoms with Crippen LogP contribution in [0.4, 0.5) is 48.2 Å². The Morgan fingerprint density at radius 1 is 0.470 bits per heavy atom. The van der Waals surface area contributed by atoms with Gasteiger partial charge in [0.25, 0.3) is 12.0 Å². The number of H-pyrrole nitrogens is 3. The lowest BCUT2D eigenvalue weighted by molar-refractivity contribution is -0.154. The molecule has 41 heteroatoms. The minimum Gasteiger partial charge on any atom is -0.467 e. The molecule has 0 unspecified atom stereocenters. The van der Waals surface area contributed by atoms with Crippen LogP contribution in [0.2, 0.25) is 26.4 Å². The van der Waals surface area contributed by atoms with Crippen LogP contribution >= 0.6 is 58.0 Å². The Hall–Kier alpha value is -11.2. The highest BCUT2D eigenvalue weighted by Crippen LogP contribution is 2.29. The topological polar surface area (TPSA) is 398 Å². The number of halogens is 8. The van der Waals surface area contributed by atoms with Crippen LogP contribution in [0.3, 0.4) is 0 Å². The molecule has 0 fully saturated rings. The van der Waals surface area contributed by atoms with Crippen LogP contribution in [0.25, 0.3) is 55.8 Å². The van der Waals surface area contributed by atoms with E-state index in [4.69, 9.17) is 84.8 Å². The Morgan fingerprint density at radius 2 is 0.850 bits per heavy atom. The Kier molecular flexibility index (Phi) is 22.4. The zero-order chi connectivity index (χ0) is 70.5. The van der Waals surface area contributed by atoms with Crippen LogP contribution in [-0.2, 0) is 46.8 Å². The number of hydrogen-bond donors (Lipinski definition) is 8. The zero-order valence-electron chi connectivity index (χ0n) is 53.1. The van der Waals surface area contributed by atoms with Crippen LogP contribution < -0.4 is 41.0 Å². The Labute approximate surface area is 586 Å². The monoisotopic (exact) mass is 1470 g/mol. The number of furan rings is 5. The lowest BCUT2D eigenvalue weighted by Crippen LogP contribution is -2.19. The summed E-state index contributed by atoms with van der Waals surface area (Å²) >= 11 is 29.4. The standard InChI is InChI=1S/C13H14ClN5O2.C12H9ClF3N5O2.C12H13ClN6O.2C11H10ClN5O/c1-7(2)21-13-16-9-10(15-6-8-4-3-5-20-8)17-12(14)18-11(9)19-13;13-10-19-8(17-4-6-2-1-3-22-6)7-9(20-10)21-11(18-7)23-5-12(14,15)16;1-19(2)12-15-8-9(14-6-7-4-3-5-20-7)16-11(13)17-10(8)18-12;1-17-6-14-10-8(17)9(15-11(12)16-10)13-5-7-3-2-4-18-7;1-17-6-14-8-9(15-11(12)16-10(8)17)13-5-7-3-2-4-18-7/h3-5,7H,6H2,1-2H3,(H2,15,16,17,18,19);1-3H,4-5H2,(H2,17,18,19,20,21);3-5H,6H2,1-2H3,(H2,14,15,16,17,18);2*2-4,6H,5H2,1H3,(H,13,15,16). The van der Waals surface area contributed by atoms with Gasteiger partial charge in [0.1, 0.15) is 50.9 Å². The largest absolute Gasteiger partial charge is 0.467 e. The molecule has 33 nitrogen and oxygen atoms in total. The number of nitrogens with zero attached hydrogens (tertiary/aromatic N) is 18. The van der Waals surface area contributed by atoms with Gasteiger partial charge in [-0.15, -0.1) is 0 Å². The molecule has 0 spiro atoms. The number of anilines is 6. The lowest BCUT2D eigenvalue weighted by atomic mass is 10.4. The molecule has 520 valence electrons. The number of nitrogens with one attached hydrogen (secondary N) is 8. The Bertz CT molecular complexity index is 5090. The maximum Gasteiger partial charge on any atom is 0.422 e. The van der Waals surface area contributed by atoms with Crippen molar-refractivity contribution >= 4 is 149 Å². The highest BCUT2D eigenvalue weighted by molar-refractivity contribution is 6.30. The highest BCUT2D eigenvalue weighted by atomic mass is 35.5. The van der Waals surface area contributed by atoms with Gasteiger partial charge in [0.05, 0.1) is 82.8 Å². The summed E-state index contributed by atoms with van der Waals surface area (Å²) < 4.78 is 76.4. The van der Waals surface area contributed by atoms with Gasteiger partial charge >= 0.3 is 6.18 Å². The molecule has 0 radical (unpaired) electrons. The van der Waals surface area contributed by atoms with Crippen molar-refractivity contribution in [2.75, 3.05) is 52.2 Å². The molecule has 0 aliphatic heterocycles. The third-order valence-corrected chi connectivity index (χ3v) is 14.0. The van der Waals surface area contributed by atoms with Crippen LogP contribution in [0.1, 0.15) is 42.6 Å². The van der Waals surface area contributed by atoms with Gasteiger partial charge in [0.15, 0.2) is 69.4 Å². The molecule has 0 saturated carbocycles. The summed E-state index contributed by atoms with van der Waals surface area (Å²) in [4.78, 5) is 72.3. The highest BCUT2D eigenvalue weighted by Gasteiger charge is 2.29. The molecule has 15 rings (SSSR count). The summed E-state index contributed by atoms with van der Waals surface area (Å²) in [7, 11) is 7.52. The molecule has 15 aromatic rings. The van der Waals surface area contributed by atoms with E-state index in [1.807, 2.05) is 100 Å². The smallest absolute Gasteiger partial charge is 0.422 e.